The molecular formula is C19H22FN3O. The molecule has 3 rings (SSSR count). The van der Waals surface area contributed by atoms with Gasteiger partial charge < -0.3 is 9.80 Å². The lowest BCUT2D eigenvalue weighted by Crippen LogP contribution is -2.29. The van der Waals surface area contributed by atoms with E-state index in [1.54, 1.807) is 6.20 Å². The SMILES string of the molecule is CN(C)c1ccnc(C(=O)N2CC[C@H](Cc3ccc(F)cc3)C2)c1. The molecular weight excluding hydrogens is 305 g/mol. The van der Waals surface area contributed by atoms with Crippen molar-refractivity contribution in [2.45, 2.75) is 12.8 Å². The number of rotatable bonds is 4. The molecule has 1 atom stereocenters. The molecule has 0 radical (unpaired) electrons. The smallest absolute Gasteiger partial charge is 0.272 e. The fourth-order valence-corrected chi connectivity index (χ4v) is 3.11. The van der Waals surface area contributed by atoms with Crippen LogP contribution in [0.1, 0.15) is 22.5 Å². The largest absolute Gasteiger partial charge is 0.378 e. The predicted molar refractivity (Wildman–Crippen MR) is 92.7 cm³/mol. The highest BCUT2D eigenvalue weighted by atomic mass is 19.1. The predicted octanol–water partition coefficient (Wildman–Crippen LogP) is 2.99. The molecule has 4 nitrogen and oxygen atoms in total. The van der Waals surface area contributed by atoms with Crippen molar-refractivity contribution in [2.24, 2.45) is 5.92 Å². The third-order valence-electron chi connectivity index (χ3n) is 4.49. The minimum Gasteiger partial charge on any atom is -0.378 e. The number of pyridine rings is 1. The highest BCUT2D eigenvalue weighted by molar-refractivity contribution is 5.93. The molecule has 0 unspecified atom stereocenters. The van der Waals surface area contributed by atoms with E-state index in [-0.39, 0.29) is 11.7 Å². The van der Waals surface area contributed by atoms with Crippen LogP contribution < -0.4 is 4.90 Å². The van der Waals surface area contributed by atoms with E-state index in [2.05, 4.69) is 4.98 Å². The minimum absolute atomic E-state index is 0.0136. The van der Waals surface area contributed by atoms with Crippen LogP contribution in [0.15, 0.2) is 42.6 Å². The first kappa shape index (κ1) is 16.4. The van der Waals surface area contributed by atoms with E-state index < -0.39 is 0 Å². The lowest BCUT2D eigenvalue weighted by atomic mass is 9.99. The van der Waals surface area contributed by atoms with Crippen molar-refractivity contribution in [1.29, 1.82) is 0 Å². The second kappa shape index (κ2) is 6.99. The van der Waals surface area contributed by atoms with Crippen molar-refractivity contribution < 1.29 is 9.18 Å². The summed E-state index contributed by atoms with van der Waals surface area (Å²) in [7, 11) is 3.89. The monoisotopic (exact) mass is 327 g/mol. The molecule has 2 heterocycles. The molecule has 126 valence electrons. The number of hydrogen-bond donors (Lipinski definition) is 0. The van der Waals surface area contributed by atoms with E-state index in [0.717, 1.165) is 37.2 Å². The van der Waals surface area contributed by atoms with Gasteiger partial charge in [0, 0.05) is 39.1 Å². The second-order valence-electron chi connectivity index (χ2n) is 6.53. The number of hydrogen-bond acceptors (Lipinski definition) is 3. The Hall–Kier alpha value is -2.43. The highest BCUT2D eigenvalue weighted by Gasteiger charge is 2.27. The van der Waals surface area contributed by atoms with Gasteiger partial charge in [0.15, 0.2) is 0 Å². The van der Waals surface area contributed by atoms with Crippen LogP contribution in [0.3, 0.4) is 0 Å². The second-order valence-corrected chi connectivity index (χ2v) is 6.53. The Labute approximate surface area is 141 Å². The zero-order valence-electron chi connectivity index (χ0n) is 14.1. The third-order valence-corrected chi connectivity index (χ3v) is 4.49. The summed E-state index contributed by atoms with van der Waals surface area (Å²) in [6.45, 7) is 1.47. The van der Waals surface area contributed by atoms with Gasteiger partial charge >= 0.3 is 0 Å². The third kappa shape index (κ3) is 3.72. The Balaban J connectivity index is 1.63. The fraction of sp³-hybridized carbons (Fsp3) is 0.368. The zero-order valence-corrected chi connectivity index (χ0v) is 14.1. The van der Waals surface area contributed by atoms with Crippen LogP contribution in [-0.2, 0) is 6.42 Å². The van der Waals surface area contributed by atoms with E-state index >= 15 is 0 Å². The number of benzene rings is 1. The molecule has 0 spiro atoms. The Morgan fingerprint density at radius 2 is 2.04 bits per heavy atom. The summed E-state index contributed by atoms with van der Waals surface area (Å²) in [4.78, 5) is 20.7. The van der Waals surface area contributed by atoms with Gasteiger partial charge in [0.05, 0.1) is 0 Å². The summed E-state index contributed by atoms with van der Waals surface area (Å²) in [5.74, 6) is 0.186. The van der Waals surface area contributed by atoms with Crippen LogP contribution in [0, 0.1) is 11.7 Å². The standard InChI is InChI=1S/C19H22FN3O/c1-22(2)17-7-9-21-18(12-17)19(24)23-10-8-15(13-23)11-14-3-5-16(20)6-4-14/h3-7,9,12,15H,8,10-11,13H2,1-2H3/t15-/m1/s1. The number of nitrogens with zero attached hydrogens (tertiary/aromatic N) is 3. The number of likely N-dealkylation sites (tertiary alicyclic amines) is 1. The van der Waals surface area contributed by atoms with E-state index in [9.17, 15) is 9.18 Å². The summed E-state index contributed by atoms with van der Waals surface area (Å²) in [6.07, 6.45) is 3.51. The van der Waals surface area contributed by atoms with Crippen LogP contribution in [-0.4, -0.2) is 43.0 Å². The van der Waals surface area contributed by atoms with Crippen molar-refractivity contribution in [3.63, 3.8) is 0 Å². The molecule has 0 bridgehead atoms. The molecule has 5 heteroatoms. The molecule has 0 saturated carbocycles. The Morgan fingerprint density at radius 3 is 2.75 bits per heavy atom. The van der Waals surface area contributed by atoms with Crippen molar-refractivity contribution in [3.05, 3.63) is 59.7 Å². The van der Waals surface area contributed by atoms with Crippen LogP contribution in [0.5, 0.6) is 0 Å². The average molecular weight is 327 g/mol. The van der Waals surface area contributed by atoms with Gasteiger partial charge in [0.2, 0.25) is 0 Å². The number of amides is 1. The van der Waals surface area contributed by atoms with Gasteiger partial charge in [-0.15, -0.1) is 0 Å². The van der Waals surface area contributed by atoms with Crippen molar-refractivity contribution in [1.82, 2.24) is 9.88 Å². The Morgan fingerprint density at radius 1 is 1.29 bits per heavy atom. The van der Waals surface area contributed by atoms with Gasteiger partial charge in [-0.1, -0.05) is 12.1 Å². The van der Waals surface area contributed by atoms with Crippen LogP contribution in [0.25, 0.3) is 0 Å². The Kier molecular flexibility index (Phi) is 4.79. The first-order chi connectivity index (χ1) is 11.5. The summed E-state index contributed by atoms with van der Waals surface area (Å²) < 4.78 is 13.0. The van der Waals surface area contributed by atoms with E-state index in [1.807, 2.05) is 48.2 Å². The zero-order chi connectivity index (χ0) is 17.1. The molecule has 0 aliphatic carbocycles. The average Bonchev–Trinajstić information content (AvgIpc) is 3.05. The first-order valence-electron chi connectivity index (χ1n) is 8.20. The normalized spacial score (nSPS) is 17.1. The lowest BCUT2D eigenvalue weighted by Gasteiger charge is -2.18. The van der Waals surface area contributed by atoms with Crippen LogP contribution in [0.4, 0.5) is 10.1 Å². The molecule has 1 aromatic carbocycles. The van der Waals surface area contributed by atoms with Gasteiger partial charge in [-0.25, -0.2) is 4.39 Å². The number of carbonyl (C=O) groups excluding carboxylic acids is 1. The first-order valence-corrected chi connectivity index (χ1v) is 8.20. The maximum Gasteiger partial charge on any atom is 0.272 e. The quantitative estimate of drug-likeness (QED) is 0.866. The lowest BCUT2D eigenvalue weighted by molar-refractivity contribution is 0.0781. The molecule has 1 saturated heterocycles. The van der Waals surface area contributed by atoms with E-state index in [0.29, 0.717) is 11.6 Å². The minimum atomic E-state index is -0.214. The van der Waals surface area contributed by atoms with Crippen molar-refractivity contribution in [2.75, 3.05) is 32.1 Å². The molecule has 2 aromatic rings. The number of halogens is 1. The number of anilines is 1. The van der Waals surface area contributed by atoms with Gasteiger partial charge in [-0.05, 0) is 48.6 Å². The van der Waals surface area contributed by atoms with E-state index in [4.69, 9.17) is 0 Å². The maximum atomic E-state index is 13.0. The fourth-order valence-electron chi connectivity index (χ4n) is 3.11. The topological polar surface area (TPSA) is 36.4 Å². The summed E-state index contributed by atoms with van der Waals surface area (Å²) in [5, 5.41) is 0. The maximum absolute atomic E-state index is 13.0. The molecule has 1 aliphatic heterocycles. The summed E-state index contributed by atoms with van der Waals surface area (Å²) >= 11 is 0. The van der Waals surface area contributed by atoms with Crippen molar-refractivity contribution >= 4 is 11.6 Å². The molecule has 0 N–H and O–H groups in total. The van der Waals surface area contributed by atoms with Gasteiger partial charge in [-0.2, -0.15) is 0 Å². The van der Waals surface area contributed by atoms with Gasteiger partial charge in [0.1, 0.15) is 11.5 Å². The van der Waals surface area contributed by atoms with Gasteiger partial charge in [0.25, 0.3) is 5.91 Å². The molecule has 1 amide bonds. The van der Waals surface area contributed by atoms with Crippen molar-refractivity contribution in [3.8, 4) is 0 Å². The van der Waals surface area contributed by atoms with Gasteiger partial charge in [-0.3, -0.25) is 9.78 Å². The summed E-state index contributed by atoms with van der Waals surface area (Å²) in [6, 6.07) is 10.3. The molecule has 24 heavy (non-hydrogen) atoms. The van der Waals surface area contributed by atoms with Crippen LogP contribution >= 0.6 is 0 Å². The summed E-state index contributed by atoms with van der Waals surface area (Å²) in [5.41, 5.74) is 2.57. The Bertz CT molecular complexity index is 715. The molecule has 1 fully saturated rings. The highest BCUT2D eigenvalue weighted by Crippen LogP contribution is 2.23. The molecule has 1 aromatic heterocycles. The number of aromatic nitrogens is 1. The molecule has 1 aliphatic rings. The van der Waals surface area contributed by atoms with E-state index in [1.165, 1.54) is 12.1 Å². The number of carbonyl (C=O) groups is 1. The van der Waals surface area contributed by atoms with Crippen LogP contribution in [0.2, 0.25) is 0 Å².